The van der Waals surface area contributed by atoms with E-state index >= 15 is 0 Å². The van der Waals surface area contributed by atoms with Gasteiger partial charge in [-0.3, -0.25) is 0 Å². The number of nitriles is 1. The van der Waals surface area contributed by atoms with Crippen molar-refractivity contribution in [3.05, 3.63) is 57.6 Å². The summed E-state index contributed by atoms with van der Waals surface area (Å²) >= 11 is 2.97. The number of halogens is 3. The smallest absolute Gasteiger partial charge is 0.181 e. The predicted octanol–water partition coefficient (Wildman–Crippen LogP) is 4.70. The molecule has 0 bridgehead atoms. The molecular weight excluding hydrogens is 316 g/mol. The van der Waals surface area contributed by atoms with Gasteiger partial charge in [0.15, 0.2) is 23.1 Å². The number of hydrogen-bond donors (Lipinski definition) is 0. The van der Waals surface area contributed by atoms with Crippen LogP contribution in [0.3, 0.4) is 0 Å². The summed E-state index contributed by atoms with van der Waals surface area (Å²) in [6, 6.07) is 8.84. The largest absolute Gasteiger partial charge is 0.451 e. The first-order valence-electron chi connectivity index (χ1n) is 5.35. The molecular formula is C14H8BrF2NO. The molecule has 2 rings (SSSR count). The standard InChI is InChI=1S/C14H8BrF2NO/c1-8-2-4-10(16)12(6-8)19-11-5-3-9(7-18)13(15)14(11)17/h2-6H,1H3. The Bertz CT molecular complexity index is 680. The second-order valence-corrected chi connectivity index (χ2v) is 4.68. The molecule has 0 radical (unpaired) electrons. The van der Waals surface area contributed by atoms with E-state index in [1.807, 2.05) is 6.07 Å². The third-order valence-electron chi connectivity index (χ3n) is 2.47. The molecule has 0 saturated carbocycles. The Hall–Kier alpha value is -1.93. The third-order valence-corrected chi connectivity index (χ3v) is 3.25. The zero-order valence-corrected chi connectivity index (χ0v) is 11.5. The monoisotopic (exact) mass is 323 g/mol. The minimum atomic E-state index is -0.736. The van der Waals surface area contributed by atoms with E-state index in [1.165, 1.54) is 24.3 Å². The van der Waals surface area contributed by atoms with Crippen molar-refractivity contribution < 1.29 is 13.5 Å². The first-order valence-corrected chi connectivity index (χ1v) is 6.14. The number of nitrogens with zero attached hydrogens (tertiary/aromatic N) is 1. The number of aryl methyl sites for hydroxylation is 1. The van der Waals surface area contributed by atoms with E-state index < -0.39 is 11.6 Å². The third kappa shape index (κ3) is 2.74. The number of hydrogen-bond acceptors (Lipinski definition) is 2. The maximum Gasteiger partial charge on any atom is 0.181 e. The van der Waals surface area contributed by atoms with Crippen molar-refractivity contribution in [3.63, 3.8) is 0 Å². The summed E-state index contributed by atoms with van der Waals surface area (Å²) < 4.78 is 32.7. The molecule has 2 aromatic carbocycles. The average Bonchev–Trinajstić information content (AvgIpc) is 2.39. The molecule has 2 nitrogen and oxygen atoms in total. The van der Waals surface area contributed by atoms with Gasteiger partial charge < -0.3 is 4.74 Å². The highest BCUT2D eigenvalue weighted by atomic mass is 79.9. The molecule has 0 aromatic heterocycles. The molecule has 2 aromatic rings. The van der Waals surface area contributed by atoms with Crippen molar-refractivity contribution in [2.45, 2.75) is 6.92 Å². The molecule has 5 heteroatoms. The SMILES string of the molecule is Cc1ccc(F)c(Oc2ccc(C#N)c(Br)c2F)c1. The average molecular weight is 324 g/mol. The predicted molar refractivity (Wildman–Crippen MR) is 70.0 cm³/mol. The van der Waals surface area contributed by atoms with Gasteiger partial charge in [0.25, 0.3) is 0 Å². The molecule has 19 heavy (non-hydrogen) atoms. The van der Waals surface area contributed by atoms with E-state index in [2.05, 4.69) is 15.9 Å². The molecule has 96 valence electrons. The van der Waals surface area contributed by atoms with E-state index in [-0.39, 0.29) is 21.5 Å². The van der Waals surface area contributed by atoms with E-state index in [4.69, 9.17) is 10.00 Å². The van der Waals surface area contributed by atoms with Gasteiger partial charge in [-0.2, -0.15) is 5.26 Å². The summed E-state index contributed by atoms with van der Waals surface area (Å²) in [5.74, 6) is -1.52. The normalized spacial score (nSPS) is 10.1. The Kier molecular flexibility index (Phi) is 3.82. The fraction of sp³-hybridized carbons (Fsp3) is 0.0714. The molecule has 0 N–H and O–H groups in total. The Morgan fingerprint density at radius 2 is 1.89 bits per heavy atom. The van der Waals surface area contributed by atoms with Crippen molar-refractivity contribution in [1.82, 2.24) is 0 Å². The maximum absolute atomic E-state index is 13.9. The Morgan fingerprint density at radius 1 is 1.16 bits per heavy atom. The van der Waals surface area contributed by atoms with Gasteiger partial charge in [0, 0.05) is 0 Å². The lowest BCUT2D eigenvalue weighted by molar-refractivity contribution is 0.413. The summed E-state index contributed by atoms with van der Waals surface area (Å²) in [5, 5.41) is 8.76. The van der Waals surface area contributed by atoms with Crippen LogP contribution in [0.5, 0.6) is 11.5 Å². The van der Waals surface area contributed by atoms with Crippen LogP contribution in [0.15, 0.2) is 34.8 Å². The molecule has 0 aliphatic rings. The highest BCUT2D eigenvalue weighted by Crippen LogP contribution is 2.32. The van der Waals surface area contributed by atoms with Crippen LogP contribution in [0.4, 0.5) is 8.78 Å². The van der Waals surface area contributed by atoms with Crippen LogP contribution in [-0.2, 0) is 0 Å². The molecule has 0 fully saturated rings. The summed E-state index contributed by atoms with van der Waals surface area (Å²) in [5.41, 5.74) is 0.944. The van der Waals surface area contributed by atoms with Crippen molar-refractivity contribution in [1.29, 1.82) is 5.26 Å². The lowest BCUT2D eigenvalue weighted by Gasteiger charge is -2.09. The van der Waals surface area contributed by atoms with Crippen molar-refractivity contribution >= 4 is 15.9 Å². The Balaban J connectivity index is 2.42. The molecule has 0 saturated heterocycles. The van der Waals surface area contributed by atoms with Gasteiger partial charge >= 0.3 is 0 Å². The first kappa shape index (κ1) is 13.5. The van der Waals surface area contributed by atoms with Gasteiger partial charge in [-0.15, -0.1) is 0 Å². The maximum atomic E-state index is 13.9. The topological polar surface area (TPSA) is 33.0 Å². The molecule has 0 spiro atoms. The molecule has 0 unspecified atom stereocenters. The van der Waals surface area contributed by atoms with Crippen LogP contribution in [0.2, 0.25) is 0 Å². The first-order chi connectivity index (χ1) is 9.02. The summed E-state index contributed by atoms with van der Waals surface area (Å²) in [7, 11) is 0. The van der Waals surface area contributed by atoms with Gasteiger partial charge in [-0.05, 0) is 52.7 Å². The van der Waals surface area contributed by atoms with E-state index in [0.717, 1.165) is 5.56 Å². The van der Waals surface area contributed by atoms with Crippen LogP contribution in [0, 0.1) is 29.9 Å². The van der Waals surface area contributed by atoms with Gasteiger partial charge in [-0.25, -0.2) is 8.78 Å². The molecule has 0 amide bonds. The fourth-order valence-corrected chi connectivity index (χ4v) is 1.92. The van der Waals surface area contributed by atoms with E-state index in [1.54, 1.807) is 13.0 Å². The number of benzene rings is 2. The highest BCUT2D eigenvalue weighted by Gasteiger charge is 2.14. The summed E-state index contributed by atoms with van der Waals surface area (Å²) in [4.78, 5) is 0. The van der Waals surface area contributed by atoms with Gasteiger partial charge in [0.2, 0.25) is 0 Å². The van der Waals surface area contributed by atoms with Crippen LogP contribution in [0.1, 0.15) is 11.1 Å². The second kappa shape index (κ2) is 5.37. The van der Waals surface area contributed by atoms with Crippen molar-refractivity contribution in [2.24, 2.45) is 0 Å². The van der Waals surface area contributed by atoms with Crippen LogP contribution >= 0.6 is 15.9 Å². The Labute approximate surface area is 117 Å². The lowest BCUT2D eigenvalue weighted by Crippen LogP contribution is -1.94. The lowest BCUT2D eigenvalue weighted by atomic mass is 10.2. The fourth-order valence-electron chi connectivity index (χ4n) is 1.50. The number of rotatable bonds is 2. The second-order valence-electron chi connectivity index (χ2n) is 3.89. The minimum absolute atomic E-state index is 0.000520. The highest BCUT2D eigenvalue weighted by molar-refractivity contribution is 9.10. The van der Waals surface area contributed by atoms with E-state index in [9.17, 15) is 8.78 Å². The number of ether oxygens (including phenoxy) is 1. The van der Waals surface area contributed by atoms with E-state index in [0.29, 0.717) is 0 Å². The summed E-state index contributed by atoms with van der Waals surface area (Å²) in [6.45, 7) is 1.78. The van der Waals surface area contributed by atoms with Crippen molar-refractivity contribution in [3.8, 4) is 17.6 Å². The minimum Gasteiger partial charge on any atom is -0.451 e. The quantitative estimate of drug-likeness (QED) is 0.802. The van der Waals surface area contributed by atoms with Crippen LogP contribution < -0.4 is 4.74 Å². The Morgan fingerprint density at radius 3 is 2.58 bits per heavy atom. The van der Waals surface area contributed by atoms with Gasteiger partial charge in [-0.1, -0.05) is 6.07 Å². The van der Waals surface area contributed by atoms with Crippen LogP contribution in [-0.4, -0.2) is 0 Å². The van der Waals surface area contributed by atoms with Gasteiger partial charge in [0.1, 0.15) is 6.07 Å². The van der Waals surface area contributed by atoms with Crippen molar-refractivity contribution in [2.75, 3.05) is 0 Å². The zero-order chi connectivity index (χ0) is 14.0. The molecule has 0 aliphatic carbocycles. The van der Waals surface area contributed by atoms with Gasteiger partial charge in [0.05, 0.1) is 10.0 Å². The molecule has 0 heterocycles. The van der Waals surface area contributed by atoms with Crippen LogP contribution in [0.25, 0.3) is 0 Å². The molecule has 0 atom stereocenters. The summed E-state index contributed by atoms with van der Waals surface area (Å²) in [6.07, 6.45) is 0. The zero-order valence-electron chi connectivity index (χ0n) is 9.88. The molecule has 0 aliphatic heterocycles.